The highest BCUT2D eigenvalue weighted by atomic mass is 16.4. The van der Waals surface area contributed by atoms with Crippen LogP contribution < -0.4 is 21.3 Å². The van der Waals surface area contributed by atoms with Gasteiger partial charge in [0.15, 0.2) is 23.1 Å². The number of carboxylic acid groups (broad SMARTS) is 4. The van der Waals surface area contributed by atoms with Crippen LogP contribution in [0.5, 0.6) is 0 Å². The molecule has 0 bridgehead atoms. The predicted molar refractivity (Wildman–Crippen MR) is 276 cm³/mol. The lowest BCUT2D eigenvalue weighted by molar-refractivity contribution is -0.149. The van der Waals surface area contributed by atoms with E-state index in [2.05, 4.69) is 21.3 Å². The van der Waals surface area contributed by atoms with Crippen molar-refractivity contribution >= 4 is 70.6 Å². The Morgan fingerprint density at radius 3 is 1.49 bits per heavy atom. The van der Waals surface area contributed by atoms with Crippen LogP contribution in [0.2, 0.25) is 0 Å². The van der Waals surface area contributed by atoms with E-state index in [1.54, 1.807) is 99.6 Å². The maximum atomic E-state index is 13.1. The fourth-order valence-corrected chi connectivity index (χ4v) is 7.52. The first-order valence-corrected chi connectivity index (χ1v) is 24.4. The second-order valence-electron chi connectivity index (χ2n) is 18.2. The van der Waals surface area contributed by atoms with Crippen LogP contribution in [0.4, 0.5) is 0 Å². The Hall–Kier alpha value is -8.68. The summed E-state index contributed by atoms with van der Waals surface area (Å²) in [6.45, 7) is 6.09. The fourth-order valence-electron chi connectivity index (χ4n) is 7.52. The number of rotatable bonds is 30. The molecule has 4 aromatic carbocycles. The van der Waals surface area contributed by atoms with E-state index >= 15 is 0 Å². The first-order chi connectivity index (χ1) is 36.0. The molecule has 8 N–H and O–H groups in total. The maximum absolute atomic E-state index is 13.1. The molecule has 2 unspecified atom stereocenters. The van der Waals surface area contributed by atoms with Crippen molar-refractivity contribution in [2.45, 2.75) is 104 Å². The monoisotopic (exact) mass is 1050 g/mol. The zero-order chi connectivity index (χ0) is 56.5. The molecule has 0 saturated heterocycles. The van der Waals surface area contributed by atoms with Crippen molar-refractivity contribution in [3.8, 4) is 11.1 Å². The molecule has 0 aliphatic heterocycles. The molecule has 20 heteroatoms. The average molecular weight is 1050 g/mol. The number of amides is 4. The minimum absolute atomic E-state index is 0.0129. The molecule has 0 aromatic heterocycles. The summed E-state index contributed by atoms with van der Waals surface area (Å²) in [6.07, 6.45) is -1.54. The Morgan fingerprint density at radius 2 is 0.987 bits per heavy atom. The number of ketones is 4. The van der Waals surface area contributed by atoms with E-state index in [4.69, 9.17) is 15.3 Å². The zero-order valence-electron chi connectivity index (χ0n) is 42.6. The second kappa shape index (κ2) is 31.1. The van der Waals surface area contributed by atoms with Crippen LogP contribution in [0.25, 0.3) is 11.1 Å². The summed E-state index contributed by atoms with van der Waals surface area (Å²) < 4.78 is 0. The summed E-state index contributed by atoms with van der Waals surface area (Å²) >= 11 is 0. The van der Waals surface area contributed by atoms with Crippen molar-refractivity contribution in [1.29, 1.82) is 0 Å². The van der Waals surface area contributed by atoms with Gasteiger partial charge in [-0.05, 0) is 54.2 Å². The molecule has 0 fully saturated rings. The van der Waals surface area contributed by atoms with Crippen molar-refractivity contribution in [3.05, 3.63) is 131 Å². The molecular weight excluding hydrogens is 985 g/mol. The molecule has 4 rings (SSSR count). The third-order valence-corrected chi connectivity index (χ3v) is 11.9. The number of hydrogen-bond donors (Lipinski definition) is 8. The fraction of sp³-hybridized carbons (Fsp3) is 0.357. The summed E-state index contributed by atoms with van der Waals surface area (Å²) in [5, 5.41) is 45.9. The van der Waals surface area contributed by atoms with Crippen LogP contribution >= 0.6 is 0 Å². The Kier molecular flexibility index (Phi) is 25.3. The minimum atomic E-state index is -1.48. The van der Waals surface area contributed by atoms with E-state index in [1.165, 1.54) is 6.92 Å². The highest BCUT2D eigenvalue weighted by Crippen LogP contribution is 2.22. The Bertz CT molecular complexity index is 2690. The number of hydrogen-bond acceptors (Lipinski definition) is 12. The highest BCUT2D eigenvalue weighted by Gasteiger charge is 2.31. The third kappa shape index (κ3) is 21.8. The molecule has 4 aromatic rings. The topological polar surface area (TPSA) is 334 Å². The highest BCUT2D eigenvalue weighted by molar-refractivity contribution is 6.00. The zero-order valence-corrected chi connectivity index (χ0v) is 42.6. The van der Waals surface area contributed by atoms with Gasteiger partial charge in [0.2, 0.25) is 17.7 Å². The van der Waals surface area contributed by atoms with Gasteiger partial charge in [-0.1, -0.05) is 118 Å². The SMILES string of the molecule is CC(Cc1ccccc1)C(=O)N[C@@H](CC(=O)O)C(=O)O.CCC(=O)[C@H](C)NC(=O)CCC(=O)c1ccc(-c2ccc(C(=O)NCC(=O)C[C@@H](C)C(=O)NC(Cc3ccccc3)C(=O)C[C@@H](CC(=O)O)C(=O)O)cc2)cc1. The quantitative estimate of drug-likeness (QED) is 0.0322. The van der Waals surface area contributed by atoms with Gasteiger partial charge < -0.3 is 41.7 Å². The van der Waals surface area contributed by atoms with Crippen LogP contribution in [0.1, 0.15) is 104 Å². The summed E-state index contributed by atoms with van der Waals surface area (Å²) in [4.78, 5) is 144. The van der Waals surface area contributed by atoms with Crippen LogP contribution in [-0.2, 0) is 60.8 Å². The molecule has 0 heterocycles. The van der Waals surface area contributed by atoms with Crippen molar-refractivity contribution < 1.29 is 78.0 Å². The van der Waals surface area contributed by atoms with Gasteiger partial charge >= 0.3 is 23.9 Å². The summed E-state index contributed by atoms with van der Waals surface area (Å²) in [7, 11) is 0. The lowest BCUT2D eigenvalue weighted by Crippen LogP contribution is -2.46. The van der Waals surface area contributed by atoms with Crippen LogP contribution in [0.15, 0.2) is 109 Å². The summed E-state index contributed by atoms with van der Waals surface area (Å²) in [5.74, 6) is -11.7. The number of carbonyl (C=O) groups is 12. The molecule has 76 heavy (non-hydrogen) atoms. The number of carboxylic acids is 4. The molecule has 6 atom stereocenters. The van der Waals surface area contributed by atoms with Gasteiger partial charge in [0.25, 0.3) is 5.91 Å². The van der Waals surface area contributed by atoms with E-state index in [1.807, 2.05) is 30.3 Å². The number of carbonyl (C=O) groups excluding carboxylic acids is 8. The number of aliphatic carboxylic acids is 4. The maximum Gasteiger partial charge on any atom is 0.326 e. The van der Waals surface area contributed by atoms with Gasteiger partial charge in [0.05, 0.1) is 37.4 Å². The first-order valence-electron chi connectivity index (χ1n) is 24.4. The van der Waals surface area contributed by atoms with Crippen molar-refractivity contribution in [2.24, 2.45) is 17.8 Å². The molecular formula is C56H64N4O16. The second-order valence-corrected chi connectivity index (χ2v) is 18.2. The van der Waals surface area contributed by atoms with Gasteiger partial charge in [-0.15, -0.1) is 0 Å². The van der Waals surface area contributed by atoms with Crippen molar-refractivity contribution in [3.63, 3.8) is 0 Å². The molecule has 0 saturated carbocycles. The Balaban J connectivity index is 0.000000635. The first kappa shape index (κ1) is 61.6. The van der Waals surface area contributed by atoms with Gasteiger partial charge in [-0.3, -0.25) is 52.7 Å². The van der Waals surface area contributed by atoms with E-state index in [0.29, 0.717) is 24.0 Å². The predicted octanol–water partition coefficient (Wildman–Crippen LogP) is 4.90. The normalized spacial score (nSPS) is 13.0. The smallest absolute Gasteiger partial charge is 0.326 e. The average Bonchev–Trinajstić information content (AvgIpc) is 3.39. The molecule has 4 amide bonds. The van der Waals surface area contributed by atoms with Crippen molar-refractivity contribution in [2.75, 3.05) is 6.54 Å². The van der Waals surface area contributed by atoms with E-state index in [-0.39, 0.29) is 55.3 Å². The molecule has 20 nitrogen and oxygen atoms in total. The lowest BCUT2D eigenvalue weighted by Gasteiger charge is -2.21. The minimum Gasteiger partial charge on any atom is -0.481 e. The standard InChI is InChI=1S/C42H47N3O11.C14H17NO5/c1-4-35(47)26(3)44-38(50)19-18-36(48)30-14-10-28(11-15-30)29-12-16-31(17-13-29)41(54)43-24-33(46)20-25(2)40(53)45-34(21-27-8-6-5-7-9-27)37(49)22-32(42(55)56)23-39(51)52;1-9(7-10-5-3-2-4-6-10)13(18)15-11(14(19)20)8-12(16)17/h5-17,25-26,32,34H,4,18-24H2,1-3H3,(H,43,54)(H,44,50)(H,45,53)(H,51,52)(H,55,56);2-6,9,11H,7-8H2,1H3,(H,15,18)(H,16,17)(H,19,20)/t25-,26+,32+,34?;9?,11-/m10/s1. The molecule has 0 aliphatic rings. The number of nitrogens with one attached hydrogen (secondary N) is 4. The van der Waals surface area contributed by atoms with E-state index < -0.39 is 108 Å². The lowest BCUT2D eigenvalue weighted by atomic mass is 9.92. The van der Waals surface area contributed by atoms with Crippen LogP contribution in [-0.4, -0.2) is 116 Å². The van der Waals surface area contributed by atoms with Crippen LogP contribution in [0.3, 0.4) is 0 Å². The van der Waals surface area contributed by atoms with Gasteiger partial charge in [-0.25, -0.2) is 4.79 Å². The van der Waals surface area contributed by atoms with Crippen molar-refractivity contribution in [1.82, 2.24) is 21.3 Å². The van der Waals surface area contributed by atoms with Gasteiger partial charge in [-0.2, -0.15) is 0 Å². The molecule has 404 valence electrons. The summed E-state index contributed by atoms with van der Waals surface area (Å²) in [6, 6.07) is 28.1. The molecule has 0 aliphatic carbocycles. The Morgan fingerprint density at radius 1 is 0.487 bits per heavy atom. The number of Topliss-reactive ketones (excluding diaryl/α,β-unsaturated/α-hetero) is 4. The molecule has 0 spiro atoms. The number of benzene rings is 4. The third-order valence-electron chi connectivity index (χ3n) is 11.9. The van der Waals surface area contributed by atoms with Gasteiger partial charge in [0, 0.05) is 55.1 Å². The van der Waals surface area contributed by atoms with E-state index in [9.17, 15) is 62.6 Å². The largest absolute Gasteiger partial charge is 0.481 e. The Labute approximate surface area is 439 Å². The van der Waals surface area contributed by atoms with Gasteiger partial charge in [0.1, 0.15) is 6.04 Å². The molecule has 0 radical (unpaired) electrons. The summed E-state index contributed by atoms with van der Waals surface area (Å²) in [5.41, 5.74) is 3.87. The van der Waals surface area contributed by atoms with Crippen LogP contribution in [0, 0.1) is 17.8 Å². The van der Waals surface area contributed by atoms with E-state index in [0.717, 1.165) is 16.7 Å².